The van der Waals surface area contributed by atoms with Crippen molar-refractivity contribution in [3.8, 4) is 5.75 Å². The molecule has 0 aromatic heterocycles. The fourth-order valence-corrected chi connectivity index (χ4v) is 2.36. The highest BCUT2D eigenvalue weighted by atomic mass is 16.5. The third kappa shape index (κ3) is 3.95. The molecule has 3 nitrogen and oxygen atoms in total. The summed E-state index contributed by atoms with van der Waals surface area (Å²) < 4.78 is 5.76. The molecular formula is C16H27NO2. The SMILES string of the molecule is CCCOc1ccc(C(CCO)N(C)C)c(C)c1C. The Morgan fingerprint density at radius 1 is 1.21 bits per heavy atom. The first-order valence-electron chi connectivity index (χ1n) is 7.03. The van der Waals surface area contributed by atoms with Gasteiger partial charge in [0.1, 0.15) is 5.75 Å². The molecule has 0 radical (unpaired) electrons. The van der Waals surface area contributed by atoms with E-state index < -0.39 is 0 Å². The zero-order valence-electron chi connectivity index (χ0n) is 12.9. The molecule has 0 saturated heterocycles. The number of hydrogen-bond acceptors (Lipinski definition) is 3. The molecule has 1 aromatic rings. The molecule has 1 aromatic carbocycles. The van der Waals surface area contributed by atoms with Gasteiger partial charge in [0.15, 0.2) is 0 Å². The van der Waals surface area contributed by atoms with E-state index in [-0.39, 0.29) is 12.6 Å². The van der Waals surface area contributed by atoms with Crippen LogP contribution in [-0.2, 0) is 0 Å². The Morgan fingerprint density at radius 3 is 2.42 bits per heavy atom. The van der Waals surface area contributed by atoms with Gasteiger partial charge in [-0.2, -0.15) is 0 Å². The third-order valence-electron chi connectivity index (χ3n) is 3.63. The van der Waals surface area contributed by atoms with Gasteiger partial charge < -0.3 is 14.7 Å². The molecule has 0 aliphatic carbocycles. The second kappa shape index (κ2) is 7.51. The van der Waals surface area contributed by atoms with Crippen molar-refractivity contribution in [1.29, 1.82) is 0 Å². The number of hydrogen-bond donors (Lipinski definition) is 1. The Kier molecular flexibility index (Phi) is 6.32. The number of aliphatic hydroxyl groups excluding tert-OH is 1. The van der Waals surface area contributed by atoms with Crippen LogP contribution in [0.15, 0.2) is 12.1 Å². The van der Waals surface area contributed by atoms with Gasteiger partial charge in [0.05, 0.1) is 6.61 Å². The average Bonchev–Trinajstić information content (AvgIpc) is 2.38. The first-order chi connectivity index (χ1) is 9.02. The second-order valence-electron chi connectivity index (χ2n) is 5.24. The van der Waals surface area contributed by atoms with E-state index in [9.17, 15) is 5.11 Å². The van der Waals surface area contributed by atoms with Gasteiger partial charge in [0.2, 0.25) is 0 Å². The highest BCUT2D eigenvalue weighted by Crippen LogP contribution is 2.31. The molecule has 19 heavy (non-hydrogen) atoms. The summed E-state index contributed by atoms with van der Waals surface area (Å²) in [4.78, 5) is 2.16. The number of benzene rings is 1. The predicted molar refractivity (Wildman–Crippen MR) is 79.8 cm³/mol. The van der Waals surface area contributed by atoms with E-state index >= 15 is 0 Å². The lowest BCUT2D eigenvalue weighted by Gasteiger charge is -2.27. The van der Waals surface area contributed by atoms with Crippen LogP contribution in [0.2, 0.25) is 0 Å². The standard InChI is InChI=1S/C16H27NO2/c1-6-11-19-16-8-7-14(12(2)13(16)3)15(9-10-18)17(4)5/h7-8,15,18H,6,9-11H2,1-5H3. The molecular weight excluding hydrogens is 238 g/mol. The highest BCUT2D eigenvalue weighted by molar-refractivity contribution is 5.44. The third-order valence-corrected chi connectivity index (χ3v) is 3.63. The summed E-state index contributed by atoms with van der Waals surface area (Å²) in [5.74, 6) is 0.976. The maximum Gasteiger partial charge on any atom is 0.122 e. The topological polar surface area (TPSA) is 32.7 Å². The van der Waals surface area contributed by atoms with Gasteiger partial charge in [-0.25, -0.2) is 0 Å². The van der Waals surface area contributed by atoms with Gasteiger partial charge >= 0.3 is 0 Å². The quantitative estimate of drug-likeness (QED) is 0.822. The predicted octanol–water partition coefficient (Wildman–Crippen LogP) is 3.08. The van der Waals surface area contributed by atoms with Gasteiger partial charge in [0.25, 0.3) is 0 Å². The molecule has 0 aliphatic heterocycles. The molecule has 0 aliphatic rings. The summed E-state index contributed by atoms with van der Waals surface area (Å²) in [7, 11) is 4.10. The number of nitrogens with zero attached hydrogens (tertiary/aromatic N) is 1. The van der Waals surface area contributed by atoms with Gasteiger partial charge in [-0.1, -0.05) is 13.0 Å². The van der Waals surface area contributed by atoms with Gasteiger partial charge in [-0.3, -0.25) is 0 Å². The monoisotopic (exact) mass is 265 g/mol. The smallest absolute Gasteiger partial charge is 0.122 e. The van der Waals surface area contributed by atoms with Crippen molar-refractivity contribution >= 4 is 0 Å². The van der Waals surface area contributed by atoms with Crippen molar-refractivity contribution in [2.75, 3.05) is 27.3 Å². The minimum atomic E-state index is 0.204. The molecule has 3 heteroatoms. The van der Waals surface area contributed by atoms with Crippen LogP contribution < -0.4 is 4.74 Å². The van der Waals surface area contributed by atoms with Crippen LogP contribution in [0, 0.1) is 13.8 Å². The lowest BCUT2D eigenvalue weighted by atomic mass is 9.94. The molecule has 0 amide bonds. The van der Waals surface area contributed by atoms with Crippen LogP contribution in [0.4, 0.5) is 0 Å². The zero-order chi connectivity index (χ0) is 14.4. The molecule has 0 bridgehead atoms. The van der Waals surface area contributed by atoms with E-state index in [0.717, 1.165) is 25.2 Å². The van der Waals surface area contributed by atoms with Gasteiger partial charge in [-0.05, 0) is 63.5 Å². The molecule has 0 saturated carbocycles. The molecule has 0 fully saturated rings. The minimum Gasteiger partial charge on any atom is -0.493 e. The molecule has 1 N–H and O–H groups in total. The molecule has 108 valence electrons. The van der Waals surface area contributed by atoms with E-state index in [0.29, 0.717) is 0 Å². The molecule has 0 spiro atoms. The first kappa shape index (κ1) is 16.0. The van der Waals surface area contributed by atoms with Gasteiger partial charge in [-0.15, -0.1) is 0 Å². The highest BCUT2D eigenvalue weighted by Gasteiger charge is 2.18. The summed E-state index contributed by atoms with van der Waals surface area (Å²) in [6.07, 6.45) is 1.77. The van der Waals surface area contributed by atoms with Crippen molar-refractivity contribution in [1.82, 2.24) is 4.90 Å². The molecule has 1 rings (SSSR count). The minimum absolute atomic E-state index is 0.204. The van der Waals surface area contributed by atoms with Crippen LogP contribution in [0.25, 0.3) is 0 Å². The van der Waals surface area contributed by atoms with Gasteiger partial charge in [0, 0.05) is 12.6 Å². The second-order valence-corrected chi connectivity index (χ2v) is 5.24. The summed E-state index contributed by atoms with van der Waals surface area (Å²) >= 11 is 0. The van der Waals surface area contributed by atoms with Crippen LogP contribution in [-0.4, -0.2) is 37.3 Å². The van der Waals surface area contributed by atoms with E-state index in [1.165, 1.54) is 16.7 Å². The number of aliphatic hydroxyl groups is 1. The van der Waals surface area contributed by atoms with Crippen molar-refractivity contribution in [3.05, 3.63) is 28.8 Å². The maximum absolute atomic E-state index is 9.23. The largest absolute Gasteiger partial charge is 0.493 e. The summed E-state index contributed by atoms with van der Waals surface area (Å²) in [6.45, 7) is 7.31. The lowest BCUT2D eigenvalue weighted by molar-refractivity contribution is 0.210. The van der Waals surface area contributed by atoms with Crippen molar-refractivity contribution in [2.24, 2.45) is 0 Å². The van der Waals surface area contributed by atoms with Crippen LogP contribution in [0.1, 0.15) is 42.5 Å². The first-order valence-corrected chi connectivity index (χ1v) is 7.03. The Morgan fingerprint density at radius 2 is 1.89 bits per heavy atom. The van der Waals surface area contributed by atoms with Crippen molar-refractivity contribution in [2.45, 2.75) is 39.7 Å². The molecule has 1 atom stereocenters. The number of ether oxygens (including phenoxy) is 1. The molecule has 1 unspecified atom stereocenters. The van der Waals surface area contributed by atoms with Crippen LogP contribution in [0.5, 0.6) is 5.75 Å². The van der Waals surface area contributed by atoms with Crippen LogP contribution >= 0.6 is 0 Å². The normalized spacial score (nSPS) is 12.8. The zero-order valence-corrected chi connectivity index (χ0v) is 12.9. The van der Waals surface area contributed by atoms with Crippen molar-refractivity contribution in [3.63, 3.8) is 0 Å². The summed E-state index contributed by atoms with van der Waals surface area (Å²) in [5.41, 5.74) is 3.75. The molecule has 0 heterocycles. The Labute approximate surface area is 117 Å². The van der Waals surface area contributed by atoms with E-state index in [1.54, 1.807) is 0 Å². The number of rotatable bonds is 7. The Bertz CT molecular complexity index is 402. The lowest BCUT2D eigenvalue weighted by Crippen LogP contribution is -2.22. The van der Waals surface area contributed by atoms with Crippen molar-refractivity contribution < 1.29 is 9.84 Å². The Hall–Kier alpha value is -1.06. The summed E-state index contributed by atoms with van der Waals surface area (Å²) in [6, 6.07) is 4.44. The summed E-state index contributed by atoms with van der Waals surface area (Å²) in [5, 5.41) is 9.23. The fraction of sp³-hybridized carbons (Fsp3) is 0.625. The van der Waals surface area contributed by atoms with Crippen LogP contribution in [0.3, 0.4) is 0 Å². The Balaban J connectivity index is 3.06. The fourth-order valence-electron chi connectivity index (χ4n) is 2.36. The van der Waals surface area contributed by atoms with E-state index in [4.69, 9.17) is 4.74 Å². The average molecular weight is 265 g/mol. The van der Waals surface area contributed by atoms with E-state index in [2.05, 4.69) is 51.9 Å². The maximum atomic E-state index is 9.23. The van der Waals surface area contributed by atoms with E-state index in [1.807, 2.05) is 0 Å².